The number of nitrogens with one attached hydrogen (secondary N) is 1. The van der Waals surface area contributed by atoms with Crippen molar-refractivity contribution in [2.75, 3.05) is 11.9 Å². The van der Waals surface area contributed by atoms with Gasteiger partial charge in [-0.05, 0) is 38.3 Å². The van der Waals surface area contributed by atoms with Gasteiger partial charge in [0.1, 0.15) is 12.4 Å². The van der Waals surface area contributed by atoms with Crippen LogP contribution in [0.3, 0.4) is 0 Å². The van der Waals surface area contributed by atoms with E-state index in [1.165, 1.54) is 16.7 Å². The van der Waals surface area contributed by atoms with Crippen molar-refractivity contribution in [1.82, 2.24) is 4.98 Å². The van der Waals surface area contributed by atoms with Gasteiger partial charge in [-0.15, -0.1) is 0 Å². The summed E-state index contributed by atoms with van der Waals surface area (Å²) in [5.74, 6) is 0.993. The highest BCUT2D eigenvalue weighted by Gasteiger charge is 2.07. The molecular formula is C16H22N2OS. The highest BCUT2D eigenvalue weighted by Crippen LogP contribution is 2.27. The molecule has 1 N–H and O–H groups in total. The van der Waals surface area contributed by atoms with Gasteiger partial charge in [0.05, 0.1) is 4.88 Å². The first-order valence-electron chi connectivity index (χ1n) is 6.99. The summed E-state index contributed by atoms with van der Waals surface area (Å²) in [5, 5.41) is 4.27. The van der Waals surface area contributed by atoms with E-state index in [-0.39, 0.29) is 0 Å². The highest BCUT2D eigenvalue weighted by atomic mass is 32.1. The molecule has 20 heavy (non-hydrogen) atoms. The molecule has 1 aromatic carbocycles. The van der Waals surface area contributed by atoms with Crippen molar-refractivity contribution in [2.24, 2.45) is 0 Å². The Bertz CT molecular complexity index is 555. The van der Waals surface area contributed by atoms with Gasteiger partial charge in [0.15, 0.2) is 5.13 Å². The van der Waals surface area contributed by atoms with Crippen molar-refractivity contribution in [1.29, 1.82) is 0 Å². The van der Waals surface area contributed by atoms with E-state index < -0.39 is 0 Å². The molecule has 4 heteroatoms. The van der Waals surface area contributed by atoms with E-state index in [1.54, 1.807) is 11.3 Å². The van der Waals surface area contributed by atoms with Crippen LogP contribution in [0.15, 0.2) is 18.3 Å². The van der Waals surface area contributed by atoms with Crippen LogP contribution in [0, 0.1) is 20.8 Å². The van der Waals surface area contributed by atoms with E-state index in [1.807, 2.05) is 6.20 Å². The van der Waals surface area contributed by atoms with Crippen LogP contribution in [0.25, 0.3) is 0 Å². The predicted molar refractivity (Wildman–Crippen MR) is 85.9 cm³/mol. The standard InChI is InChI=1S/C16H22N2OS/c1-5-6-17-16-18-9-14(20-16)10-19-15-12(3)7-11(2)8-13(15)4/h7-9H,5-6,10H2,1-4H3,(H,17,18). The second kappa shape index (κ2) is 6.75. The zero-order chi connectivity index (χ0) is 14.5. The molecule has 2 aromatic rings. The number of hydrogen-bond donors (Lipinski definition) is 1. The Balaban J connectivity index is 2.00. The second-order valence-electron chi connectivity index (χ2n) is 5.08. The van der Waals surface area contributed by atoms with Crippen LogP contribution in [0.4, 0.5) is 5.13 Å². The van der Waals surface area contributed by atoms with Gasteiger partial charge in [0.2, 0.25) is 0 Å². The molecule has 108 valence electrons. The van der Waals surface area contributed by atoms with Crippen LogP contribution in [0.2, 0.25) is 0 Å². The van der Waals surface area contributed by atoms with E-state index in [0.29, 0.717) is 6.61 Å². The van der Waals surface area contributed by atoms with Crippen LogP contribution < -0.4 is 10.1 Å². The van der Waals surface area contributed by atoms with Crippen molar-refractivity contribution in [2.45, 2.75) is 40.7 Å². The summed E-state index contributed by atoms with van der Waals surface area (Å²) < 4.78 is 5.97. The largest absolute Gasteiger partial charge is 0.487 e. The number of hydrogen-bond acceptors (Lipinski definition) is 4. The summed E-state index contributed by atoms with van der Waals surface area (Å²) in [7, 11) is 0. The number of thiazole rings is 1. The Labute approximate surface area is 125 Å². The van der Waals surface area contributed by atoms with E-state index in [9.17, 15) is 0 Å². The molecule has 1 aromatic heterocycles. The second-order valence-corrected chi connectivity index (χ2v) is 6.19. The molecule has 0 radical (unpaired) electrons. The lowest BCUT2D eigenvalue weighted by atomic mass is 10.1. The third-order valence-electron chi connectivity index (χ3n) is 3.04. The maximum absolute atomic E-state index is 5.97. The monoisotopic (exact) mass is 290 g/mol. The number of aryl methyl sites for hydroxylation is 3. The average Bonchev–Trinajstić information content (AvgIpc) is 2.83. The molecule has 0 saturated heterocycles. The third kappa shape index (κ3) is 3.73. The van der Waals surface area contributed by atoms with Crippen LogP contribution >= 0.6 is 11.3 Å². The molecule has 0 unspecified atom stereocenters. The van der Waals surface area contributed by atoms with Crippen molar-refractivity contribution in [3.05, 3.63) is 39.9 Å². The van der Waals surface area contributed by atoms with Gasteiger partial charge in [0, 0.05) is 12.7 Å². The topological polar surface area (TPSA) is 34.2 Å². The lowest BCUT2D eigenvalue weighted by Crippen LogP contribution is -1.98. The van der Waals surface area contributed by atoms with Crippen molar-refractivity contribution >= 4 is 16.5 Å². The molecule has 2 rings (SSSR count). The molecule has 0 amide bonds. The molecule has 0 atom stereocenters. The molecule has 0 aliphatic carbocycles. The lowest BCUT2D eigenvalue weighted by molar-refractivity contribution is 0.305. The van der Waals surface area contributed by atoms with Gasteiger partial charge < -0.3 is 10.1 Å². The first-order valence-corrected chi connectivity index (χ1v) is 7.81. The Morgan fingerprint density at radius 1 is 1.20 bits per heavy atom. The lowest BCUT2D eigenvalue weighted by Gasteiger charge is -2.12. The minimum atomic E-state index is 0.580. The van der Waals surface area contributed by atoms with Crippen LogP contribution in [-0.2, 0) is 6.61 Å². The first-order chi connectivity index (χ1) is 9.60. The number of anilines is 1. The van der Waals surface area contributed by atoms with Gasteiger partial charge in [-0.2, -0.15) is 0 Å². The average molecular weight is 290 g/mol. The van der Waals surface area contributed by atoms with Gasteiger partial charge in [0.25, 0.3) is 0 Å². The third-order valence-corrected chi connectivity index (χ3v) is 3.97. The van der Waals surface area contributed by atoms with Gasteiger partial charge >= 0.3 is 0 Å². The summed E-state index contributed by atoms with van der Waals surface area (Å²) >= 11 is 1.66. The maximum atomic E-state index is 5.97. The Kier molecular flexibility index (Phi) is 5.01. The molecule has 0 fully saturated rings. The molecule has 0 spiro atoms. The highest BCUT2D eigenvalue weighted by molar-refractivity contribution is 7.15. The SMILES string of the molecule is CCCNc1ncc(COc2c(C)cc(C)cc2C)s1. The summed E-state index contributed by atoms with van der Waals surface area (Å²) in [6, 6.07) is 4.31. The minimum Gasteiger partial charge on any atom is -0.487 e. The minimum absolute atomic E-state index is 0.580. The quantitative estimate of drug-likeness (QED) is 0.852. The van der Waals surface area contributed by atoms with Gasteiger partial charge in [-0.1, -0.05) is 36.0 Å². The van der Waals surface area contributed by atoms with E-state index in [2.05, 4.69) is 50.1 Å². The summed E-state index contributed by atoms with van der Waals surface area (Å²) in [6.07, 6.45) is 2.99. The van der Waals surface area contributed by atoms with E-state index in [4.69, 9.17) is 4.74 Å². The summed E-state index contributed by atoms with van der Waals surface area (Å²) in [5.41, 5.74) is 3.66. The number of aromatic nitrogens is 1. The predicted octanol–water partition coefficient (Wildman–Crippen LogP) is 4.47. The van der Waals surface area contributed by atoms with Gasteiger partial charge in [-0.3, -0.25) is 0 Å². The molecule has 0 aliphatic heterocycles. The van der Waals surface area contributed by atoms with Crippen molar-refractivity contribution in [3.63, 3.8) is 0 Å². The van der Waals surface area contributed by atoms with Crippen LogP contribution in [0.1, 0.15) is 34.9 Å². The fourth-order valence-corrected chi connectivity index (χ4v) is 2.98. The molecule has 3 nitrogen and oxygen atoms in total. The normalized spacial score (nSPS) is 10.6. The fraction of sp³-hybridized carbons (Fsp3) is 0.438. The maximum Gasteiger partial charge on any atom is 0.182 e. The number of nitrogens with zero attached hydrogens (tertiary/aromatic N) is 1. The summed E-state index contributed by atoms with van der Waals surface area (Å²) in [6.45, 7) is 9.99. The molecule has 0 saturated carbocycles. The van der Waals surface area contributed by atoms with Crippen molar-refractivity contribution in [3.8, 4) is 5.75 Å². The molecule has 0 bridgehead atoms. The number of rotatable bonds is 6. The zero-order valence-corrected chi connectivity index (χ0v) is 13.4. The smallest absolute Gasteiger partial charge is 0.182 e. The fourth-order valence-electron chi connectivity index (χ4n) is 2.23. The van der Waals surface area contributed by atoms with E-state index >= 15 is 0 Å². The molecular weight excluding hydrogens is 268 g/mol. The summed E-state index contributed by atoms with van der Waals surface area (Å²) in [4.78, 5) is 5.49. The van der Waals surface area contributed by atoms with E-state index in [0.717, 1.165) is 28.7 Å². The Morgan fingerprint density at radius 3 is 2.55 bits per heavy atom. The first kappa shape index (κ1) is 14.9. The van der Waals surface area contributed by atoms with Crippen molar-refractivity contribution < 1.29 is 4.74 Å². The number of ether oxygens (including phenoxy) is 1. The van der Waals surface area contributed by atoms with Gasteiger partial charge in [-0.25, -0.2) is 4.98 Å². The van der Waals surface area contributed by atoms with Crippen LogP contribution in [-0.4, -0.2) is 11.5 Å². The molecule has 0 aliphatic rings. The Morgan fingerprint density at radius 2 is 1.90 bits per heavy atom. The number of benzene rings is 1. The van der Waals surface area contributed by atoms with Crippen LogP contribution in [0.5, 0.6) is 5.75 Å². The molecule has 1 heterocycles. The Hall–Kier alpha value is -1.55. The zero-order valence-electron chi connectivity index (χ0n) is 12.6.